The fourth-order valence-corrected chi connectivity index (χ4v) is 1.70. The zero-order chi connectivity index (χ0) is 12.3. The third-order valence-electron chi connectivity index (χ3n) is 2.67. The van der Waals surface area contributed by atoms with Crippen LogP contribution < -0.4 is 11.1 Å². The quantitative estimate of drug-likeness (QED) is 0.708. The second-order valence-electron chi connectivity index (χ2n) is 4.09. The first-order valence-electron chi connectivity index (χ1n) is 5.53. The number of phenols is 1. The summed E-state index contributed by atoms with van der Waals surface area (Å²) in [6.07, 6.45) is 0. The van der Waals surface area contributed by atoms with Gasteiger partial charge in [-0.15, -0.1) is 0 Å². The predicted octanol–water partition coefficient (Wildman–Crippen LogP) is 2.89. The summed E-state index contributed by atoms with van der Waals surface area (Å²) in [7, 11) is 0. The van der Waals surface area contributed by atoms with E-state index in [1.165, 1.54) is 0 Å². The van der Waals surface area contributed by atoms with Crippen molar-refractivity contribution in [1.29, 1.82) is 0 Å². The van der Waals surface area contributed by atoms with Crippen molar-refractivity contribution < 1.29 is 5.11 Å². The predicted molar refractivity (Wildman–Crippen MR) is 71.0 cm³/mol. The van der Waals surface area contributed by atoms with Crippen LogP contribution in [0, 0.1) is 6.92 Å². The molecule has 0 saturated carbocycles. The first-order valence-corrected chi connectivity index (χ1v) is 5.53. The van der Waals surface area contributed by atoms with E-state index in [1.54, 1.807) is 12.1 Å². The molecule has 2 rings (SSSR count). The number of aromatic hydroxyl groups is 1. The molecule has 0 atom stereocenters. The van der Waals surface area contributed by atoms with Crippen LogP contribution in [0.2, 0.25) is 0 Å². The SMILES string of the molecule is Cc1cc(N)ccc1NCc1ccc(O)cc1. The third kappa shape index (κ3) is 2.91. The molecule has 4 N–H and O–H groups in total. The lowest BCUT2D eigenvalue weighted by Gasteiger charge is -2.10. The molecule has 3 heteroatoms. The number of nitrogen functional groups attached to an aromatic ring is 1. The molecule has 0 radical (unpaired) electrons. The van der Waals surface area contributed by atoms with Gasteiger partial charge in [-0.05, 0) is 48.4 Å². The molecule has 3 nitrogen and oxygen atoms in total. The van der Waals surface area contributed by atoms with E-state index >= 15 is 0 Å². The van der Waals surface area contributed by atoms with Crippen LogP contribution in [0.4, 0.5) is 11.4 Å². The summed E-state index contributed by atoms with van der Waals surface area (Å²) in [5.41, 5.74) is 9.80. The molecule has 0 spiro atoms. The van der Waals surface area contributed by atoms with Gasteiger partial charge in [-0.25, -0.2) is 0 Å². The van der Waals surface area contributed by atoms with Crippen molar-refractivity contribution in [1.82, 2.24) is 0 Å². The van der Waals surface area contributed by atoms with Crippen molar-refractivity contribution >= 4 is 11.4 Å². The van der Waals surface area contributed by atoms with Gasteiger partial charge >= 0.3 is 0 Å². The van der Waals surface area contributed by atoms with Crippen molar-refractivity contribution in [3.05, 3.63) is 53.6 Å². The van der Waals surface area contributed by atoms with Crippen LogP contribution in [0.25, 0.3) is 0 Å². The molecule has 0 aliphatic rings. The standard InChI is InChI=1S/C14H16N2O/c1-10-8-12(15)4-7-14(10)16-9-11-2-5-13(17)6-3-11/h2-8,16-17H,9,15H2,1H3. The Morgan fingerprint density at radius 3 is 2.47 bits per heavy atom. The topological polar surface area (TPSA) is 58.3 Å². The molecule has 0 bridgehead atoms. The Morgan fingerprint density at radius 2 is 1.82 bits per heavy atom. The average molecular weight is 228 g/mol. The van der Waals surface area contributed by atoms with Crippen LogP contribution in [0.5, 0.6) is 5.75 Å². The number of hydrogen-bond acceptors (Lipinski definition) is 3. The average Bonchev–Trinajstić information content (AvgIpc) is 2.30. The zero-order valence-corrected chi connectivity index (χ0v) is 9.77. The van der Waals surface area contributed by atoms with E-state index in [1.807, 2.05) is 37.3 Å². The first-order chi connectivity index (χ1) is 8.15. The van der Waals surface area contributed by atoms with E-state index < -0.39 is 0 Å². The second-order valence-corrected chi connectivity index (χ2v) is 4.09. The molecule has 0 amide bonds. The highest BCUT2D eigenvalue weighted by molar-refractivity contribution is 5.57. The molecule has 0 aromatic heterocycles. The normalized spacial score (nSPS) is 10.2. The van der Waals surface area contributed by atoms with Gasteiger partial charge in [0.15, 0.2) is 0 Å². The first kappa shape index (κ1) is 11.3. The maximum atomic E-state index is 9.18. The summed E-state index contributed by atoms with van der Waals surface area (Å²) in [4.78, 5) is 0. The molecule has 0 aliphatic carbocycles. The minimum atomic E-state index is 0.289. The lowest BCUT2D eigenvalue weighted by molar-refractivity contribution is 0.475. The van der Waals surface area contributed by atoms with Crippen LogP contribution in [0.1, 0.15) is 11.1 Å². The third-order valence-corrected chi connectivity index (χ3v) is 2.67. The Bertz CT molecular complexity index is 506. The van der Waals surface area contributed by atoms with Crippen molar-refractivity contribution in [2.45, 2.75) is 13.5 Å². The van der Waals surface area contributed by atoms with Gasteiger partial charge < -0.3 is 16.2 Å². The summed E-state index contributed by atoms with van der Waals surface area (Å²) >= 11 is 0. The summed E-state index contributed by atoms with van der Waals surface area (Å²) in [5, 5.41) is 12.5. The Kier molecular flexibility index (Phi) is 3.19. The highest BCUT2D eigenvalue weighted by Crippen LogP contribution is 2.19. The number of anilines is 2. The number of hydrogen-bond donors (Lipinski definition) is 3. The number of nitrogens with two attached hydrogens (primary N) is 1. The molecule has 17 heavy (non-hydrogen) atoms. The lowest BCUT2D eigenvalue weighted by atomic mass is 10.1. The van der Waals surface area contributed by atoms with Crippen LogP contribution in [-0.2, 0) is 6.54 Å². The number of rotatable bonds is 3. The maximum Gasteiger partial charge on any atom is 0.115 e. The van der Waals surface area contributed by atoms with Crippen molar-refractivity contribution in [3.8, 4) is 5.75 Å². The largest absolute Gasteiger partial charge is 0.508 e. The smallest absolute Gasteiger partial charge is 0.115 e. The monoisotopic (exact) mass is 228 g/mol. The fourth-order valence-electron chi connectivity index (χ4n) is 1.70. The molecule has 0 fully saturated rings. The highest BCUT2D eigenvalue weighted by Gasteiger charge is 1.98. The van der Waals surface area contributed by atoms with Crippen LogP contribution >= 0.6 is 0 Å². The van der Waals surface area contributed by atoms with E-state index in [9.17, 15) is 5.11 Å². The van der Waals surface area contributed by atoms with Crippen LogP contribution in [0.15, 0.2) is 42.5 Å². The minimum Gasteiger partial charge on any atom is -0.508 e. The van der Waals surface area contributed by atoms with E-state index in [0.29, 0.717) is 0 Å². The molecule has 2 aromatic rings. The van der Waals surface area contributed by atoms with Crippen molar-refractivity contribution in [2.24, 2.45) is 0 Å². The van der Waals surface area contributed by atoms with E-state index in [2.05, 4.69) is 5.32 Å². The van der Waals surface area contributed by atoms with Gasteiger partial charge in [0, 0.05) is 17.9 Å². The summed E-state index contributed by atoms with van der Waals surface area (Å²) < 4.78 is 0. The summed E-state index contributed by atoms with van der Waals surface area (Å²) in [6, 6.07) is 13.0. The maximum absolute atomic E-state index is 9.18. The van der Waals surface area contributed by atoms with Gasteiger partial charge in [-0.1, -0.05) is 12.1 Å². The second kappa shape index (κ2) is 4.78. The molecule has 0 aliphatic heterocycles. The van der Waals surface area contributed by atoms with E-state index in [4.69, 9.17) is 5.73 Å². The molecule has 0 heterocycles. The zero-order valence-electron chi connectivity index (χ0n) is 9.77. The van der Waals surface area contributed by atoms with Gasteiger partial charge in [0.05, 0.1) is 0 Å². The molecule has 88 valence electrons. The van der Waals surface area contributed by atoms with Gasteiger partial charge in [-0.2, -0.15) is 0 Å². The Labute approximate surface area is 101 Å². The van der Waals surface area contributed by atoms with Crippen LogP contribution in [-0.4, -0.2) is 5.11 Å². The van der Waals surface area contributed by atoms with Crippen molar-refractivity contribution in [2.75, 3.05) is 11.1 Å². The molecular formula is C14H16N2O. The van der Waals surface area contributed by atoms with Crippen molar-refractivity contribution in [3.63, 3.8) is 0 Å². The molecule has 0 unspecified atom stereocenters. The fraction of sp³-hybridized carbons (Fsp3) is 0.143. The number of phenolic OH excluding ortho intramolecular Hbond substituents is 1. The van der Waals surface area contributed by atoms with E-state index in [0.717, 1.165) is 29.0 Å². The number of nitrogens with one attached hydrogen (secondary N) is 1. The van der Waals surface area contributed by atoms with Gasteiger partial charge in [0.25, 0.3) is 0 Å². The molecular weight excluding hydrogens is 212 g/mol. The van der Waals surface area contributed by atoms with Gasteiger partial charge in [0.2, 0.25) is 0 Å². The van der Waals surface area contributed by atoms with Crippen LogP contribution in [0.3, 0.4) is 0 Å². The molecule has 2 aromatic carbocycles. The van der Waals surface area contributed by atoms with E-state index in [-0.39, 0.29) is 5.75 Å². The van der Waals surface area contributed by atoms with Gasteiger partial charge in [-0.3, -0.25) is 0 Å². The molecule has 0 saturated heterocycles. The Morgan fingerprint density at radius 1 is 1.12 bits per heavy atom. The summed E-state index contributed by atoms with van der Waals surface area (Å²) in [6.45, 7) is 2.75. The highest BCUT2D eigenvalue weighted by atomic mass is 16.3. The number of aryl methyl sites for hydroxylation is 1. The Hall–Kier alpha value is -2.16. The van der Waals surface area contributed by atoms with Gasteiger partial charge in [0.1, 0.15) is 5.75 Å². The summed E-state index contributed by atoms with van der Waals surface area (Å²) in [5.74, 6) is 0.289. The number of benzene rings is 2. The minimum absolute atomic E-state index is 0.289. The Balaban J connectivity index is 2.04. The lowest BCUT2D eigenvalue weighted by Crippen LogP contribution is -2.01.